The molecule has 1 aliphatic rings. The van der Waals surface area contributed by atoms with E-state index in [1.54, 1.807) is 29.4 Å². The van der Waals surface area contributed by atoms with E-state index in [1.807, 2.05) is 24.3 Å². The quantitative estimate of drug-likeness (QED) is 0.192. The molecule has 1 atom stereocenters. The Morgan fingerprint density at radius 1 is 1.00 bits per heavy atom. The van der Waals surface area contributed by atoms with Crippen LogP contribution in [0.25, 0.3) is 21.9 Å². The Morgan fingerprint density at radius 3 is 2.00 bits per heavy atom. The summed E-state index contributed by atoms with van der Waals surface area (Å²) in [6, 6.07) is 18.1. The Bertz CT molecular complexity index is 1090. The minimum absolute atomic E-state index is 0. The average molecular weight is 604 g/mol. The Kier molecular flexibility index (Phi) is 14.8. The molecule has 0 radical (unpaired) electrons. The number of benzene rings is 2. The van der Waals surface area contributed by atoms with Crippen molar-refractivity contribution in [2.75, 3.05) is 0 Å². The molecule has 1 unspecified atom stereocenters. The molecule has 0 aromatic heterocycles. The van der Waals surface area contributed by atoms with Gasteiger partial charge in [0.25, 0.3) is 0 Å². The summed E-state index contributed by atoms with van der Waals surface area (Å²) in [5, 5.41) is 3.53. The smallest absolute Gasteiger partial charge is 0.000442 e. The second kappa shape index (κ2) is 14.9. The van der Waals surface area contributed by atoms with Gasteiger partial charge in [0.15, 0.2) is 0 Å². The summed E-state index contributed by atoms with van der Waals surface area (Å²) < 4.78 is 0. The fourth-order valence-corrected chi connectivity index (χ4v) is 3.90. The molecule has 0 N–H and O–H groups in total. The van der Waals surface area contributed by atoms with Crippen molar-refractivity contribution in [3.8, 4) is 11.1 Å². The van der Waals surface area contributed by atoms with Crippen molar-refractivity contribution >= 4 is 64.2 Å². The van der Waals surface area contributed by atoms with Gasteiger partial charge in [-0.2, -0.15) is 11.1 Å². The third-order valence-electron chi connectivity index (χ3n) is 5.11. The Morgan fingerprint density at radius 2 is 1.56 bits per heavy atom. The Hall–Kier alpha value is -0.210. The van der Waals surface area contributed by atoms with Gasteiger partial charge in [-0.1, -0.05) is 85.8 Å². The van der Waals surface area contributed by atoms with Crippen LogP contribution in [0.15, 0.2) is 71.3 Å². The maximum atomic E-state index is 6.27. The second-order valence-corrected chi connectivity index (χ2v) is 18.0. The maximum Gasteiger partial charge on any atom is 0.000442 e. The molecule has 0 amide bonds. The first-order valence-corrected chi connectivity index (χ1v) is 17.0. The van der Waals surface area contributed by atoms with Crippen LogP contribution in [0.3, 0.4) is 0 Å². The van der Waals surface area contributed by atoms with E-state index < -0.39 is 0 Å². The van der Waals surface area contributed by atoms with Crippen molar-refractivity contribution < 1.29 is 23.3 Å². The minimum Gasteiger partial charge on any atom is -0.147 e. The molecule has 6 heteroatoms. The van der Waals surface area contributed by atoms with Crippen LogP contribution in [0.4, 0.5) is 0 Å². The van der Waals surface area contributed by atoms with E-state index in [0.717, 1.165) is 16.3 Å². The second-order valence-electron chi connectivity index (χ2n) is 7.76. The zero-order valence-electron chi connectivity index (χ0n) is 19.3. The molecule has 0 bridgehead atoms. The maximum absolute atomic E-state index is 6.27. The number of halogens is 4. The SMILES string of the molecule is CC1=[C-]C(C)C(C)=C1C.C[Si](C)=[Zr+2].Cl.Cl.Clc1cc(Cl)c2c(-c3ccccc3)c[cH-]c2c1. The number of rotatable bonds is 1. The van der Waals surface area contributed by atoms with Crippen molar-refractivity contribution in [1.29, 1.82) is 0 Å². The molecule has 0 saturated carbocycles. The number of hydrogen-bond donors (Lipinski definition) is 0. The van der Waals surface area contributed by atoms with Crippen LogP contribution in [0.2, 0.25) is 23.1 Å². The minimum atomic E-state index is 0. The van der Waals surface area contributed by atoms with Crippen LogP contribution in [-0.4, -0.2) is 5.43 Å². The number of hydrogen-bond acceptors (Lipinski definition) is 0. The third kappa shape index (κ3) is 8.86. The monoisotopic (exact) mass is 600 g/mol. The van der Waals surface area contributed by atoms with Crippen LogP contribution in [-0.2, 0) is 23.3 Å². The van der Waals surface area contributed by atoms with Crippen LogP contribution in [0.1, 0.15) is 27.7 Å². The van der Waals surface area contributed by atoms with E-state index in [-0.39, 0.29) is 30.2 Å². The van der Waals surface area contributed by atoms with E-state index in [9.17, 15) is 0 Å². The Labute approximate surface area is 231 Å². The fraction of sp³-hybridized carbons (Fsp3) is 0.269. The van der Waals surface area contributed by atoms with E-state index >= 15 is 0 Å². The number of allylic oxidation sites excluding steroid dienone is 4. The average Bonchev–Trinajstić information content (AvgIpc) is 3.20. The summed E-state index contributed by atoms with van der Waals surface area (Å²) in [5.74, 6) is 0.560. The first-order valence-electron chi connectivity index (χ1n) is 10.0. The Balaban J connectivity index is 0.000000547. The summed E-state index contributed by atoms with van der Waals surface area (Å²) >= 11 is 14.0. The zero-order chi connectivity index (χ0) is 22.4. The molecule has 0 nitrogen and oxygen atoms in total. The van der Waals surface area contributed by atoms with Crippen LogP contribution in [0, 0.1) is 12.0 Å². The molecule has 3 aromatic carbocycles. The van der Waals surface area contributed by atoms with Crippen molar-refractivity contribution in [3.63, 3.8) is 0 Å². The summed E-state index contributed by atoms with van der Waals surface area (Å²) in [6.45, 7) is 13.3. The standard InChI is InChI=1S/C15H9Cl2.C9H13.C2H6Si.2ClH.Zr/c16-12-8-11-6-7-13(15(11)14(17)9-12)10-4-2-1-3-5-10;1-6-5-7(2)9(4)8(6)3;1-3-2;;;/h1-9H;6H,1-4H3;1-2H3;2*1H;/q2*-1;;;;+2. The van der Waals surface area contributed by atoms with Gasteiger partial charge < -0.3 is 0 Å². The predicted molar refractivity (Wildman–Crippen MR) is 147 cm³/mol. The molecule has 3 aromatic rings. The molecule has 0 saturated heterocycles. The van der Waals surface area contributed by atoms with Gasteiger partial charge in [-0.05, 0) is 11.1 Å². The van der Waals surface area contributed by atoms with Gasteiger partial charge >= 0.3 is 41.9 Å². The van der Waals surface area contributed by atoms with Gasteiger partial charge in [0.1, 0.15) is 0 Å². The molecule has 170 valence electrons. The molecule has 0 aliphatic heterocycles. The largest absolute Gasteiger partial charge is 0.147 e. The van der Waals surface area contributed by atoms with E-state index in [1.165, 1.54) is 22.3 Å². The summed E-state index contributed by atoms with van der Waals surface area (Å²) in [5.41, 5.74) is 6.78. The van der Waals surface area contributed by atoms with Crippen molar-refractivity contribution in [2.24, 2.45) is 5.92 Å². The molecule has 0 heterocycles. The zero-order valence-corrected chi connectivity index (χ0v) is 25.9. The predicted octanol–water partition coefficient (Wildman–Crippen LogP) is 9.88. The van der Waals surface area contributed by atoms with Gasteiger partial charge in [-0.3, -0.25) is 6.08 Å². The molecule has 1 aliphatic carbocycles. The van der Waals surface area contributed by atoms with E-state index in [2.05, 4.69) is 71.1 Å². The van der Waals surface area contributed by atoms with E-state index in [0.29, 0.717) is 16.0 Å². The van der Waals surface area contributed by atoms with Crippen molar-refractivity contribution in [3.05, 3.63) is 87.4 Å². The van der Waals surface area contributed by atoms with Crippen molar-refractivity contribution in [2.45, 2.75) is 40.8 Å². The first-order chi connectivity index (χ1) is 14.1. The summed E-state index contributed by atoms with van der Waals surface area (Å²) in [6.07, 6.45) is 3.36. The molecule has 4 rings (SSSR count). The molecular formula is C26H30Cl4SiZr. The molecular weight excluding hydrogens is 573 g/mol. The summed E-state index contributed by atoms with van der Waals surface area (Å²) in [7, 11) is 0. The molecule has 0 spiro atoms. The van der Waals surface area contributed by atoms with Crippen LogP contribution >= 0.6 is 48.0 Å². The third-order valence-corrected chi connectivity index (χ3v) is 5.62. The fourth-order valence-electron chi connectivity index (χ4n) is 3.29. The van der Waals surface area contributed by atoms with E-state index in [4.69, 9.17) is 23.2 Å². The van der Waals surface area contributed by atoms with Gasteiger partial charge in [-0.15, -0.1) is 66.3 Å². The molecule has 0 fully saturated rings. The van der Waals surface area contributed by atoms with Gasteiger partial charge in [0.05, 0.1) is 0 Å². The summed E-state index contributed by atoms with van der Waals surface area (Å²) in [4.78, 5) is 0. The first kappa shape index (κ1) is 31.8. The molecule has 32 heavy (non-hydrogen) atoms. The number of fused-ring (bicyclic) bond motifs is 1. The van der Waals surface area contributed by atoms with Gasteiger partial charge in [0, 0.05) is 5.02 Å². The van der Waals surface area contributed by atoms with Gasteiger partial charge in [-0.25, -0.2) is 5.57 Å². The van der Waals surface area contributed by atoms with Crippen LogP contribution in [0.5, 0.6) is 0 Å². The van der Waals surface area contributed by atoms with Crippen molar-refractivity contribution in [1.82, 2.24) is 0 Å². The van der Waals surface area contributed by atoms with Gasteiger partial charge in [0.2, 0.25) is 0 Å². The topological polar surface area (TPSA) is 0 Å². The normalized spacial score (nSPS) is 14.3. The van der Waals surface area contributed by atoms with Crippen LogP contribution < -0.4 is 0 Å².